The first kappa shape index (κ1) is 2.23. The lowest BCUT2D eigenvalue weighted by Crippen LogP contribution is -2.31. The van der Waals surface area contributed by atoms with Crippen molar-refractivity contribution < 1.29 is 19.5 Å². The monoisotopic (exact) mass is 138 g/mol. The number of nitrogens with two attached hydrogens (primary N) is 1. The van der Waals surface area contributed by atoms with Crippen LogP contribution in [-0.4, -0.2) is 17.1 Å². The molecule has 3 nitrogen and oxygen atoms in total. The molecule has 0 aromatic carbocycles. The van der Waals surface area contributed by atoms with Crippen LogP contribution in [0.5, 0.6) is 0 Å². The second-order valence-corrected chi connectivity index (χ2v) is 1.49. The molecule has 3 N–H and O–H groups in total. The molecular weight excluding hydrogens is 118 g/mol. The Morgan fingerprint density at radius 2 is 2.89 bits per heavy atom. The maximum absolute atomic E-state index is 10.5. The number of aliphatic carboxylic acids is 1. The van der Waals surface area contributed by atoms with Crippen LogP contribution in [0, 0.1) is 5.89 Å². The molecular formula is C6H13NO2. The lowest BCUT2D eigenvalue weighted by Gasteiger charge is -2.07. The van der Waals surface area contributed by atoms with E-state index in [9.17, 15) is 4.79 Å². The van der Waals surface area contributed by atoms with Gasteiger partial charge < -0.3 is 10.8 Å². The Bertz CT molecular complexity index is 268. The van der Waals surface area contributed by atoms with Crippen molar-refractivity contribution in [2.75, 3.05) is 0 Å². The van der Waals surface area contributed by atoms with E-state index in [1.54, 1.807) is 0 Å². The van der Waals surface area contributed by atoms with E-state index in [0.717, 1.165) is 0 Å². The summed E-state index contributed by atoms with van der Waals surface area (Å²) in [7, 11) is 0. The van der Waals surface area contributed by atoms with Gasteiger partial charge in [0, 0.05) is 9.60 Å². The van der Waals surface area contributed by atoms with Gasteiger partial charge in [-0.1, -0.05) is 13.7 Å². The maximum Gasteiger partial charge on any atom is 0.320 e. The zero-order chi connectivity index (χ0) is 13.3. The molecule has 0 aliphatic heterocycles. The molecule has 0 aromatic rings. The van der Waals surface area contributed by atoms with Gasteiger partial charge in [0.2, 0.25) is 0 Å². The van der Waals surface area contributed by atoms with Crippen LogP contribution in [0.3, 0.4) is 0 Å². The van der Waals surface area contributed by atoms with Crippen LogP contribution in [0.1, 0.15) is 29.7 Å². The Balaban J connectivity index is 5.31. The van der Waals surface area contributed by atoms with Gasteiger partial charge in [0.1, 0.15) is 6.04 Å². The van der Waals surface area contributed by atoms with E-state index in [4.69, 9.17) is 20.4 Å². The Kier molecular flexibility index (Phi) is 0.858. The van der Waals surface area contributed by atoms with Crippen LogP contribution in [0.4, 0.5) is 0 Å². The molecule has 3 heteroatoms. The molecule has 0 saturated heterocycles. The van der Waals surface area contributed by atoms with Gasteiger partial charge in [-0.2, -0.15) is 0 Å². The maximum atomic E-state index is 10.5. The molecule has 0 aromatic heterocycles. The summed E-state index contributed by atoms with van der Waals surface area (Å²) in [5, 5.41) is 8.53. The normalized spacial score (nSPS) is 36.9. The number of hydrogen-bond acceptors (Lipinski definition) is 2. The topological polar surface area (TPSA) is 63.3 Å². The Hall–Kier alpha value is -0.570. The summed E-state index contributed by atoms with van der Waals surface area (Å²) >= 11 is 0. The summed E-state index contributed by atoms with van der Waals surface area (Å²) in [6.45, 7) is -5.33. The molecule has 0 aliphatic carbocycles. The second kappa shape index (κ2) is 3.45. The van der Waals surface area contributed by atoms with Crippen LogP contribution in [0.25, 0.3) is 0 Å². The SMILES string of the molecule is [2H]C([2H])[C@]([2H])([C@H]([2H])[C@H](N)C(=O)O)C([2H])([2H])[2H]. The van der Waals surface area contributed by atoms with E-state index in [1.165, 1.54) is 0 Å². The molecule has 0 rings (SSSR count). The third-order valence-corrected chi connectivity index (χ3v) is 0.644. The lowest BCUT2D eigenvalue weighted by atomic mass is 10.1. The van der Waals surface area contributed by atoms with Crippen molar-refractivity contribution in [3.63, 3.8) is 0 Å². The quantitative estimate of drug-likeness (QED) is 0.595. The zero-order valence-electron chi connectivity index (χ0n) is 11.7. The van der Waals surface area contributed by atoms with Crippen LogP contribution in [-0.2, 0) is 4.79 Å². The van der Waals surface area contributed by atoms with Crippen molar-refractivity contribution in [1.82, 2.24) is 0 Å². The van der Waals surface area contributed by atoms with Gasteiger partial charge in [0.25, 0.3) is 0 Å². The third kappa shape index (κ3) is 3.97. The zero-order valence-corrected chi connectivity index (χ0v) is 4.66. The first-order valence-corrected chi connectivity index (χ1v) is 2.21. The molecule has 0 aliphatic rings. The smallest absolute Gasteiger partial charge is 0.320 e. The van der Waals surface area contributed by atoms with E-state index in [1.807, 2.05) is 0 Å². The molecule has 0 spiro atoms. The third-order valence-electron chi connectivity index (χ3n) is 0.644. The molecule has 0 saturated carbocycles. The Labute approximate surface area is 64.7 Å². The van der Waals surface area contributed by atoms with E-state index in [0.29, 0.717) is 0 Å². The van der Waals surface area contributed by atoms with Crippen molar-refractivity contribution in [2.45, 2.75) is 26.2 Å². The Morgan fingerprint density at radius 3 is 3.22 bits per heavy atom. The Morgan fingerprint density at radius 1 is 2.22 bits per heavy atom. The summed E-state index contributed by atoms with van der Waals surface area (Å²) in [5.74, 6) is -4.49. The summed E-state index contributed by atoms with van der Waals surface area (Å²) in [5.41, 5.74) is 5.06. The highest BCUT2D eigenvalue weighted by atomic mass is 16.4. The first-order chi connectivity index (χ1) is 6.96. The summed E-state index contributed by atoms with van der Waals surface area (Å²) < 4.78 is 49.9. The van der Waals surface area contributed by atoms with Gasteiger partial charge in [0.05, 0.1) is 0 Å². The van der Waals surface area contributed by atoms with Crippen molar-refractivity contribution in [3.8, 4) is 0 Å². The van der Waals surface area contributed by atoms with Gasteiger partial charge in [-0.25, -0.2) is 0 Å². The van der Waals surface area contributed by atoms with Crippen molar-refractivity contribution >= 4 is 5.97 Å². The number of carbonyl (C=O) groups is 1. The molecule has 3 atom stereocenters. The van der Waals surface area contributed by atoms with E-state index in [-0.39, 0.29) is 0 Å². The highest BCUT2D eigenvalue weighted by molar-refractivity contribution is 5.72. The van der Waals surface area contributed by atoms with Gasteiger partial charge in [0.15, 0.2) is 0 Å². The fourth-order valence-electron chi connectivity index (χ4n) is 0.265. The average Bonchev–Trinajstić information content (AvgIpc) is 2.11. The largest absolute Gasteiger partial charge is 0.480 e. The van der Waals surface area contributed by atoms with Crippen LogP contribution >= 0.6 is 0 Å². The predicted molar refractivity (Wildman–Crippen MR) is 35.1 cm³/mol. The van der Waals surface area contributed by atoms with Crippen LogP contribution < -0.4 is 5.73 Å². The predicted octanol–water partition coefficient (Wildman–Crippen LogP) is 0.444. The van der Waals surface area contributed by atoms with Crippen molar-refractivity contribution in [2.24, 2.45) is 11.6 Å². The minimum atomic E-state index is -3.12. The highest BCUT2D eigenvalue weighted by Gasteiger charge is 2.11. The van der Waals surface area contributed by atoms with E-state index in [2.05, 4.69) is 0 Å². The van der Waals surface area contributed by atoms with Crippen LogP contribution in [0.2, 0.25) is 0 Å². The molecule has 0 amide bonds. The van der Waals surface area contributed by atoms with Crippen molar-refractivity contribution in [3.05, 3.63) is 0 Å². The van der Waals surface area contributed by atoms with Gasteiger partial charge in [-0.15, -0.1) is 0 Å². The van der Waals surface area contributed by atoms with E-state index >= 15 is 0 Å². The molecule has 54 valence electrons. The minimum Gasteiger partial charge on any atom is -0.480 e. The standard InChI is InChI=1S/C6H13NO2/c1-4(2)3-5(7)6(8)9/h4-5H,3,7H2,1-2H3,(H,8,9)/t5-/m0/s1/i1D2,2D3,3D,4D/t3-,4-,5-. The lowest BCUT2D eigenvalue weighted by molar-refractivity contribution is -0.138. The highest BCUT2D eigenvalue weighted by Crippen LogP contribution is 2.01. The molecule has 0 bridgehead atoms. The summed E-state index contributed by atoms with van der Waals surface area (Å²) in [6.07, 6.45) is -2.09. The molecule has 9 heavy (non-hydrogen) atoms. The average molecular weight is 138 g/mol. The fourth-order valence-corrected chi connectivity index (χ4v) is 0.265. The van der Waals surface area contributed by atoms with Crippen molar-refractivity contribution in [1.29, 1.82) is 0 Å². The molecule has 0 heterocycles. The van der Waals surface area contributed by atoms with Gasteiger partial charge >= 0.3 is 5.97 Å². The summed E-state index contributed by atoms with van der Waals surface area (Å²) in [6, 6.07) is -1.92. The second-order valence-electron chi connectivity index (χ2n) is 1.49. The fraction of sp³-hybridized carbons (Fsp3) is 0.833. The number of hydrogen-bond donors (Lipinski definition) is 2. The molecule has 0 unspecified atom stereocenters. The van der Waals surface area contributed by atoms with Gasteiger partial charge in [-0.05, 0) is 12.3 Å². The molecule has 0 fully saturated rings. The number of carboxylic acid groups (broad SMARTS) is 1. The number of carboxylic acids is 1. The molecule has 0 radical (unpaired) electrons. The minimum absolute atomic E-state index is 1.64. The summed E-state index contributed by atoms with van der Waals surface area (Å²) in [4.78, 5) is 10.5. The van der Waals surface area contributed by atoms with E-state index < -0.39 is 38.0 Å². The number of rotatable bonds is 3. The van der Waals surface area contributed by atoms with Crippen LogP contribution in [0.15, 0.2) is 0 Å². The first-order valence-electron chi connectivity index (χ1n) is 5.94. The van der Waals surface area contributed by atoms with Gasteiger partial charge in [-0.3, -0.25) is 4.79 Å².